The first-order valence-electron chi connectivity index (χ1n) is 4.97. The van der Waals surface area contributed by atoms with Crippen LogP contribution < -0.4 is 0 Å². The van der Waals surface area contributed by atoms with Crippen molar-refractivity contribution in [2.24, 2.45) is 0 Å². The van der Waals surface area contributed by atoms with Crippen molar-refractivity contribution in [2.45, 2.75) is 18.8 Å². The van der Waals surface area contributed by atoms with Crippen LogP contribution >= 0.6 is 12.8 Å². The Balaban J connectivity index is 2.26. The smallest absolute Gasteiger partial charge is 0.339 e. The Kier molecular flexibility index (Phi) is 1.94. The average molecular weight is 235 g/mol. The van der Waals surface area contributed by atoms with Gasteiger partial charge in [0.2, 0.25) is 0 Å². The molecule has 0 spiro atoms. The number of hydrogen-bond donors (Lipinski definition) is 2. The van der Waals surface area contributed by atoms with Gasteiger partial charge >= 0.3 is 5.97 Å². The summed E-state index contributed by atoms with van der Waals surface area (Å²) in [7, 11) is 0. The Morgan fingerprint density at radius 3 is 2.94 bits per heavy atom. The van der Waals surface area contributed by atoms with Crippen LogP contribution in [0.15, 0.2) is 12.4 Å². The average Bonchev–Trinajstić information content (AvgIpc) is 3.04. The van der Waals surface area contributed by atoms with E-state index in [1.54, 1.807) is 6.20 Å². The summed E-state index contributed by atoms with van der Waals surface area (Å²) in [5.74, 6) is -0.540. The van der Waals surface area contributed by atoms with Gasteiger partial charge in [-0.1, -0.05) is 12.8 Å². The van der Waals surface area contributed by atoms with Crippen LogP contribution in [0.5, 0.6) is 0 Å². The van der Waals surface area contributed by atoms with Crippen LogP contribution in [0.2, 0.25) is 0 Å². The fourth-order valence-electron chi connectivity index (χ4n) is 1.72. The fourth-order valence-corrected chi connectivity index (χ4v) is 1.98. The summed E-state index contributed by atoms with van der Waals surface area (Å²) in [4.78, 5) is 19.6. The fraction of sp³-hybridized carbons (Fsp3) is 0.300. The van der Waals surface area contributed by atoms with Gasteiger partial charge in [0.25, 0.3) is 0 Å². The maximum atomic E-state index is 11.0. The van der Waals surface area contributed by atoms with E-state index in [1.807, 2.05) is 0 Å². The molecule has 0 unspecified atom stereocenters. The van der Waals surface area contributed by atoms with Crippen molar-refractivity contribution >= 4 is 29.9 Å². The normalized spacial score (nSPS) is 15.6. The third kappa shape index (κ3) is 1.37. The molecule has 6 heteroatoms. The van der Waals surface area contributed by atoms with Crippen molar-refractivity contribution in [2.75, 3.05) is 0 Å². The Bertz CT molecular complexity index is 589. The molecule has 1 aliphatic carbocycles. The van der Waals surface area contributed by atoms with E-state index in [0.717, 1.165) is 18.5 Å². The maximum Gasteiger partial charge on any atom is 0.339 e. The van der Waals surface area contributed by atoms with Crippen molar-refractivity contribution in [3.05, 3.63) is 23.7 Å². The number of nitrogens with zero attached hydrogens (tertiary/aromatic N) is 3. The van der Waals surface area contributed by atoms with Crippen LogP contribution in [0.4, 0.5) is 0 Å². The summed E-state index contributed by atoms with van der Waals surface area (Å²) in [6.07, 6.45) is 5.36. The predicted molar refractivity (Wildman–Crippen MR) is 60.8 cm³/mol. The molecule has 0 radical (unpaired) electrons. The number of aromatic nitrogens is 3. The van der Waals surface area contributed by atoms with Crippen LogP contribution in [-0.2, 0) is 0 Å². The molecule has 1 aliphatic rings. The van der Waals surface area contributed by atoms with E-state index in [0.29, 0.717) is 17.1 Å². The number of rotatable bonds is 2. The van der Waals surface area contributed by atoms with E-state index < -0.39 is 5.97 Å². The SMILES string of the molecule is O=C(O)c1cn(S)c2ncc(C3CC3)nc12. The zero-order chi connectivity index (χ0) is 11.3. The lowest BCUT2D eigenvalue weighted by molar-refractivity contribution is 0.0699. The molecule has 1 N–H and O–H groups in total. The molecule has 0 saturated heterocycles. The highest BCUT2D eigenvalue weighted by Crippen LogP contribution is 2.39. The van der Waals surface area contributed by atoms with E-state index in [9.17, 15) is 4.79 Å². The summed E-state index contributed by atoms with van der Waals surface area (Å²) >= 11 is 4.12. The summed E-state index contributed by atoms with van der Waals surface area (Å²) in [5, 5.41) is 9.03. The second kappa shape index (κ2) is 3.21. The number of aromatic carboxylic acids is 1. The molecule has 0 aromatic carbocycles. The van der Waals surface area contributed by atoms with Gasteiger partial charge in [0.05, 0.1) is 11.9 Å². The van der Waals surface area contributed by atoms with Crippen molar-refractivity contribution < 1.29 is 9.90 Å². The Hall–Kier alpha value is -1.56. The molecule has 0 atom stereocenters. The summed E-state index contributed by atoms with van der Waals surface area (Å²) in [6.45, 7) is 0. The van der Waals surface area contributed by atoms with Crippen molar-refractivity contribution in [1.82, 2.24) is 13.9 Å². The minimum Gasteiger partial charge on any atom is -0.478 e. The van der Waals surface area contributed by atoms with Gasteiger partial charge in [0, 0.05) is 12.1 Å². The first-order chi connectivity index (χ1) is 7.66. The highest BCUT2D eigenvalue weighted by Gasteiger charge is 2.26. The molecule has 0 bridgehead atoms. The molecule has 0 amide bonds. The first kappa shape index (κ1) is 9.65. The highest BCUT2D eigenvalue weighted by molar-refractivity contribution is 7.78. The number of carboxylic acid groups (broad SMARTS) is 1. The minimum atomic E-state index is -1.000. The van der Waals surface area contributed by atoms with Crippen LogP contribution in [0.3, 0.4) is 0 Å². The Labute approximate surface area is 96.7 Å². The summed E-state index contributed by atoms with van der Waals surface area (Å²) < 4.78 is 1.39. The lowest BCUT2D eigenvalue weighted by Crippen LogP contribution is -1.97. The molecular weight excluding hydrogens is 226 g/mol. The first-order valence-corrected chi connectivity index (χ1v) is 5.37. The molecule has 5 nitrogen and oxygen atoms in total. The lowest BCUT2D eigenvalue weighted by atomic mass is 10.2. The van der Waals surface area contributed by atoms with Gasteiger partial charge in [-0.05, 0) is 12.8 Å². The molecule has 0 aliphatic heterocycles. The van der Waals surface area contributed by atoms with E-state index in [2.05, 4.69) is 22.8 Å². The van der Waals surface area contributed by atoms with E-state index in [4.69, 9.17) is 5.11 Å². The number of carbonyl (C=O) groups is 1. The van der Waals surface area contributed by atoms with Gasteiger partial charge in [-0.25, -0.2) is 14.8 Å². The lowest BCUT2D eigenvalue weighted by Gasteiger charge is -1.98. The number of hydrogen-bond acceptors (Lipinski definition) is 4. The molecule has 2 heterocycles. The quantitative estimate of drug-likeness (QED) is 0.777. The molecule has 1 saturated carbocycles. The third-order valence-corrected chi connectivity index (χ3v) is 3.03. The van der Waals surface area contributed by atoms with Gasteiger partial charge < -0.3 is 5.11 Å². The standard InChI is InChI=1S/C10H9N3O2S/c14-10(15)6-4-13(16)9-8(6)12-7(3-11-9)5-1-2-5/h3-5,16H,1-2H2,(H,14,15). The number of fused-ring (bicyclic) bond motifs is 1. The van der Waals surface area contributed by atoms with Gasteiger partial charge in [0.15, 0.2) is 5.65 Å². The largest absolute Gasteiger partial charge is 0.478 e. The van der Waals surface area contributed by atoms with E-state index in [1.165, 1.54) is 10.2 Å². The molecular formula is C10H9N3O2S. The topological polar surface area (TPSA) is 68.0 Å². The summed E-state index contributed by atoms with van der Waals surface area (Å²) in [5.41, 5.74) is 1.95. The zero-order valence-electron chi connectivity index (χ0n) is 8.29. The molecule has 82 valence electrons. The van der Waals surface area contributed by atoms with E-state index in [-0.39, 0.29) is 5.56 Å². The number of carboxylic acids is 1. The molecule has 16 heavy (non-hydrogen) atoms. The third-order valence-electron chi connectivity index (χ3n) is 2.72. The monoisotopic (exact) mass is 235 g/mol. The van der Waals surface area contributed by atoms with Gasteiger partial charge in [-0.3, -0.25) is 3.97 Å². The van der Waals surface area contributed by atoms with Crippen LogP contribution in [-0.4, -0.2) is 25.0 Å². The molecule has 2 aromatic heterocycles. The molecule has 3 rings (SSSR count). The zero-order valence-corrected chi connectivity index (χ0v) is 9.19. The second-order valence-corrected chi connectivity index (χ2v) is 4.36. The van der Waals surface area contributed by atoms with Crippen molar-refractivity contribution in [3.63, 3.8) is 0 Å². The van der Waals surface area contributed by atoms with Crippen LogP contribution in [0.1, 0.15) is 34.8 Å². The number of thiol groups is 1. The van der Waals surface area contributed by atoms with E-state index >= 15 is 0 Å². The Morgan fingerprint density at radius 2 is 2.31 bits per heavy atom. The van der Waals surface area contributed by atoms with Gasteiger partial charge in [-0.15, -0.1) is 0 Å². The highest BCUT2D eigenvalue weighted by atomic mass is 32.1. The second-order valence-electron chi connectivity index (χ2n) is 3.93. The minimum absolute atomic E-state index is 0.153. The van der Waals surface area contributed by atoms with Gasteiger partial charge in [-0.2, -0.15) is 0 Å². The maximum absolute atomic E-state index is 11.0. The van der Waals surface area contributed by atoms with Crippen LogP contribution in [0, 0.1) is 0 Å². The predicted octanol–water partition coefficient (Wildman–Crippen LogP) is 1.70. The summed E-state index contributed by atoms with van der Waals surface area (Å²) in [6, 6.07) is 0. The van der Waals surface area contributed by atoms with Gasteiger partial charge in [0.1, 0.15) is 11.1 Å². The molecule has 1 fully saturated rings. The van der Waals surface area contributed by atoms with Crippen molar-refractivity contribution in [1.29, 1.82) is 0 Å². The van der Waals surface area contributed by atoms with Crippen molar-refractivity contribution in [3.8, 4) is 0 Å². The molecule has 2 aromatic rings. The van der Waals surface area contributed by atoms with Crippen LogP contribution in [0.25, 0.3) is 11.2 Å². The Morgan fingerprint density at radius 1 is 1.56 bits per heavy atom.